The zero-order chi connectivity index (χ0) is 36.1. The molecule has 0 saturated carbocycles. The Kier molecular flexibility index (Phi) is 36.8. The minimum Gasteiger partial charge on any atom is -0.457 e. The molecule has 0 radical (unpaired) electrons. The summed E-state index contributed by atoms with van der Waals surface area (Å²) in [7, 11) is -4.50. The standard InChI is InChI=1S/C39H79O9P/c1-3-5-7-9-11-13-14-15-16-17-18-19-20-21-22-23-24-25-27-29-31-39(42)48-38(36-47-49(43,44)46-34-37(41)33-40)35-45-32-30-28-26-12-10-8-6-4-2/h37-38,40-41H,3-36H2,1-2H3,(H,43,44). The van der Waals surface area contributed by atoms with Crippen molar-refractivity contribution in [2.24, 2.45) is 0 Å². The number of rotatable bonds is 40. The van der Waals surface area contributed by atoms with Crippen molar-refractivity contribution in [2.75, 3.05) is 33.0 Å². The van der Waals surface area contributed by atoms with Crippen LogP contribution in [0.25, 0.3) is 0 Å². The fourth-order valence-electron chi connectivity index (χ4n) is 5.89. The number of hydrogen-bond donors (Lipinski definition) is 3. The molecule has 0 heterocycles. The molecule has 0 aliphatic heterocycles. The number of phosphoric acid groups is 1. The minimum absolute atomic E-state index is 0.0563. The third-order valence-corrected chi connectivity index (χ3v) is 9.99. The van der Waals surface area contributed by atoms with Crippen molar-refractivity contribution < 1.29 is 43.0 Å². The van der Waals surface area contributed by atoms with Crippen LogP contribution in [0.3, 0.4) is 0 Å². The SMILES string of the molecule is CCCCCCCCCCCCCCCCCCCCCCC(=O)OC(COCCCCCCCCCC)COP(=O)(O)OCC(O)CO. The molecule has 3 unspecified atom stereocenters. The van der Waals surface area contributed by atoms with E-state index in [1.54, 1.807) is 0 Å². The second-order valence-electron chi connectivity index (χ2n) is 14.0. The summed E-state index contributed by atoms with van der Waals surface area (Å²) in [6.07, 6.45) is 33.6. The molecule has 10 heteroatoms. The summed E-state index contributed by atoms with van der Waals surface area (Å²) in [5.41, 5.74) is 0. The summed E-state index contributed by atoms with van der Waals surface area (Å²) in [5, 5.41) is 18.3. The summed E-state index contributed by atoms with van der Waals surface area (Å²) in [6.45, 7) is 3.53. The average molecular weight is 723 g/mol. The molecule has 0 amide bonds. The van der Waals surface area contributed by atoms with Gasteiger partial charge in [0.25, 0.3) is 0 Å². The number of carbonyl (C=O) groups is 1. The Hall–Kier alpha value is -0.540. The maximum Gasteiger partial charge on any atom is 0.472 e. The van der Waals surface area contributed by atoms with E-state index in [2.05, 4.69) is 13.8 Å². The Morgan fingerprint density at radius 1 is 0.551 bits per heavy atom. The number of phosphoric ester groups is 1. The Morgan fingerprint density at radius 2 is 0.918 bits per heavy atom. The topological polar surface area (TPSA) is 132 Å². The molecule has 0 aliphatic carbocycles. The van der Waals surface area contributed by atoms with Crippen molar-refractivity contribution in [2.45, 2.75) is 212 Å². The maximum absolute atomic E-state index is 12.5. The van der Waals surface area contributed by atoms with Gasteiger partial charge in [-0.05, 0) is 12.8 Å². The number of hydrogen-bond acceptors (Lipinski definition) is 8. The predicted octanol–water partition coefficient (Wildman–Crippen LogP) is 10.8. The van der Waals surface area contributed by atoms with Gasteiger partial charge in [0.15, 0.2) is 0 Å². The van der Waals surface area contributed by atoms with Gasteiger partial charge >= 0.3 is 13.8 Å². The molecule has 9 nitrogen and oxygen atoms in total. The predicted molar refractivity (Wildman–Crippen MR) is 201 cm³/mol. The van der Waals surface area contributed by atoms with Gasteiger partial charge < -0.3 is 24.6 Å². The highest BCUT2D eigenvalue weighted by molar-refractivity contribution is 7.47. The van der Waals surface area contributed by atoms with Gasteiger partial charge in [0.1, 0.15) is 12.2 Å². The quantitative estimate of drug-likeness (QED) is 0.0321. The lowest BCUT2D eigenvalue weighted by Crippen LogP contribution is -2.29. The van der Waals surface area contributed by atoms with Gasteiger partial charge in [0.2, 0.25) is 0 Å². The number of aliphatic hydroxyl groups excluding tert-OH is 2. The molecule has 0 aromatic rings. The van der Waals surface area contributed by atoms with E-state index < -0.39 is 33.2 Å². The highest BCUT2D eigenvalue weighted by atomic mass is 31.2. The molecule has 3 atom stereocenters. The van der Waals surface area contributed by atoms with Crippen molar-refractivity contribution in [3.8, 4) is 0 Å². The third kappa shape index (κ3) is 37.0. The van der Waals surface area contributed by atoms with Crippen LogP contribution >= 0.6 is 7.82 Å². The molecular weight excluding hydrogens is 643 g/mol. The Labute approximate surface area is 301 Å². The summed E-state index contributed by atoms with van der Waals surface area (Å²) in [4.78, 5) is 22.5. The highest BCUT2D eigenvalue weighted by Gasteiger charge is 2.26. The highest BCUT2D eigenvalue weighted by Crippen LogP contribution is 2.43. The van der Waals surface area contributed by atoms with Crippen LogP contribution < -0.4 is 0 Å². The molecule has 0 fully saturated rings. The first-order valence-electron chi connectivity index (χ1n) is 20.5. The average Bonchev–Trinajstić information content (AvgIpc) is 3.09. The monoisotopic (exact) mass is 723 g/mol. The molecule has 0 spiro atoms. The van der Waals surface area contributed by atoms with Gasteiger partial charge in [-0.3, -0.25) is 13.8 Å². The minimum atomic E-state index is -4.50. The van der Waals surface area contributed by atoms with Crippen molar-refractivity contribution >= 4 is 13.8 Å². The zero-order valence-electron chi connectivity index (χ0n) is 31.9. The van der Waals surface area contributed by atoms with Crippen LogP contribution in [0.1, 0.15) is 200 Å². The summed E-state index contributed by atoms with van der Waals surface area (Å²) < 4.78 is 33.2. The van der Waals surface area contributed by atoms with E-state index in [4.69, 9.17) is 23.6 Å². The summed E-state index contributed by atoms with van der Waals surface area (Å²) in [5.74, 6) is -0.379. The van der Waals surface area contributed by atoms with E-state index >= 15 is 0 Å². The molecule has 0 rings (SSSR count). The van der Waals surface area contributed by atoms with Crippen LogP contribution in [0, 0.1) is 0 Å². The second kappa shape index (κ2) is 37.2. The normalized spacial score (nSPS) is 14.1. The molecule has 0 saturated heterocycles. The van der Waals surface area contributed by atoms with Crippen molar-refractivity contribution in [3.63, 3.8) is 0 Å². The number of carbonyl (C=O) groups excluding carboxylic acids is 1. The fraction of sp³-hybridized carbons (Fsp3) is 0.974. The van der Waals surface area contributed by atoms with Crippen LogP contribution in [0.5, 0.6) is 0 Å². The zero-order valence-corrected chi connectivity index (χ0v) is 32.8. The first kappa shape index (κ1) is 48.5. The first-order valence-corrected chi connectivity index (χ1v) is 22.0. The van der Waals surface area contributed by atoms with E-state index in [1.165, 1.54) is 148 Å². The second-order valence-corrected chi connectivity index (χ2v) is 15.5. The number of unbranched alkanes of at least 4 members (excludes halogenated alkanes) is 26. The lowest BCUT2D eigenvalue weighted by atomic mass is 10.0. The van der Waals surface area contributed by atoms with Crippen LogP contribution in [0.4, 0.5) is 0 Å². The smallest absolute Gasteiger partial charge is 0.457 e. The Bertz CT molecular complexity index is 739. The summed E-state index contributed by atoms with van der Waals surface area (Å²) in [6, 6.07) is 0. The molecule has 0 aliphatic rings. The lowest BCUT2D eigenvalue weighted by molar-refractivity contribution is -0.154. The Morgan fingerprint density at radius 3 is 1.33 bits per heavy atom. The maximum atomic E-state index is 12.5. The van der Waals surface area contributed by atoms with Crippen LogP contribution in [-0.4, -0.2) is 66.3 Å². The van der Waals surface area contributed by atoms with Crippen LogP contribution in [-0.2, 0) is 27.9 Å². The van der Waals surface area contributed by atoms with E-state index in [0.717, 1.165) is 32.1 Å². The molecule has 294 valence electrons. The largest absolute Gasteiger partial charge is 0.472 e. The van der Waals surface area contributed by atoms with E-state index in [0.29, 0.717) is 6.61 Å². The van der Waals surface area contributed by atoms with E-state index in [-0.39, 0.29) is 25.6 Å². The van der Waals surface area contributed by atoms with Crippen LogP contribution in [0.2, 0.25) is 0 Å². The van der Waals surface area contributed by atoms with Gasteiger partial charge in [0.05, 0.1) is 26.4 Å². The van der Waals surface area contributed by atoms with Crippen molar-refractivity contribution in [1.29, 1.82) is 0 Å². The Balaban J connectivity index is 4.02. The van der Waals surface area contributed by atoms with Gasteiger partial charge in [0, 0.05) is 13.0 Å². The fourth-order valence-corrected chi connectivity index (χ4v) is 6.68. The van der Waals surface area contributed by atoms with Gasteiger partial charge in [-0.15, -0.1) is 0 Å². The van der Waals surface area contributed by atoms with E-state index in [1.807, 2.05) is 0 Å². The molecule has 3 N–H and O–H groups in total. The van der Waals surface area contributed by atoms with Gasteiger partial charge in [-0.2, -0.15) is 0 Å². The van der Waals surface area contributed by atoms with Crippen molar-refractivity contribution in [3.05, 3.63) is 0 Å². The van der Waals surface area contributed by atoms with Gasteiger partial charge in [-0.1, -0.05) is 181 Å². The number of esters is 1. The molecule has 0 aromatic heterocycles. The van der Waals surface area contributed by atoms with Gasteiger partial charge in [-0.25, -0.2) is 4.57 Å². The van der Waals surface area contributed by atoms with Crippen LogP contribution in [0.15, 0.2) is 0 Å². The summed E-state index contributed by atoms with van der Waals surface area (Å²) >= 11 is 0. The lowest BCUT2D eigenvalue weighted by Gasteiger charge is -2.20. The van der Waals surface area contributed by atoms with Crippen molar-refractivity contribution in [1.82, 2.24) is 0 Å². The molecule has 0 bridgehead atoms. The van der Waals surface area contributed by atoms with E-state index in [9.17, 15) is 19.4 Å². The number of aliphatic hydroxyl groups is 2. The molecule has 0 aromatic carbocycles. The number of ether oxygens (including phenoxy) is 2. The molecular formula is C39H79O9P. The first-order chi connectivity index (χ1) is 23.8. The third-order valence-electron chi connectivity index (χ3n) is 9.04. The molecule has 49 heavy (non-hydrogen) atoms.